The van der Waals surface area contributed by atoms with Gasteiger partial charge in [0.05, 0.1) is 29.0 Å². The van der Waals surface area contributed by atoms with Gasteiger partial charge in [0, 0.05) is 49.2 Å². The van der Waals surface area contributed by atoms with E-state index in [9.17, 15) is 5.11 Å². The molecular formula is C28H33Cl2N3O3. The monoisotopic (exact) mass is 529 g/mol. The Morgan fingerprint density at radius 2 is 1.86 bits per heavy atom. The van der Waals surface area contributed by atoms with E-state index in [0.29, 0.717) is 28.9 Å². The summed E-state index contributed by atoms with van der Waals surface area (Å²) in [5.74, 6) is 0.624. The molecule has 192 valence electrons. The molecule has 0 unspecified atom stereocenters. The number of aromatic nitrogens is 1. The van der Waals surface area contributed by atoms with Gasteiger partial charge >= 0.3 is 0 Å². The van der Waals surface area contributed by atoms with Gasteiger partial charge in [-0.15, -0.1) is 0 Å². The molecule has 1 saturated heterocycles. The number of hydrogen-bond donors (Lipinski definition) is 2. The Morgan fingerprint density at radius 3 is 2.56 bits per heavy atom. The highest BCUT2D eigenvalue weighted by Gasteiger charge is 2.34. The zero-order valence-corrected chi connectivity index (χ0v) is 22.2. The van der Waals surface area contributed by atoms with Crippen molar-refractivity contribution in [2.24, 2.45) is 0 Å². The number of nitrogens with zero attached hydrogens (tertiary/aromatic N) is 3. The second kappa shape index (κ2) is 11.8. The Balaban J connectivity index is 1.59. The standard InChI is InChI=1S/C28H33Cl2N3O3/c1-3-23-16-21(10-11-31-23)28(2,35)19-32-12-13-33(27(18-32)20-4-6-22(29)7-5-20)26-9-8-24(17-25(26)30)36-15-14-34/h4-11,16-17,27,34-35H,3,12-15,18-19H2,1-2H3/t27-,28+/m0/s1. The van der Waals surface area contributed by atoms with Crippen molar-refractivity contribution in [3.63, 3.8) is 0 Å². The maximum atomic E-state index is 11.4. The molecule has 2 aromatic carbocycles. The van der Waals surface area contributed by atoms with E-state index in [2.05, 4.69) is 21.7 Å². The molecule has 1 fully saturated rings. The van der Waals surface area contributed by atoms with Crippen LogP contribution in [0.25, 0.3) is 0 Å². The van der Waals surface area contributed by atoms with Crippen LogP contribution in [-0.2, 0) is 12.0 Å². The largest absolute Gasteiger partial charge is 0.491 e. The van der Waals surface area contributed by atoms with Crippen LogP contribution in [-0.4, -0.2) is 59.5 Å². The van der Waals surface area contributed by atoms with Crippen molar-refractivity contribution < 1.29 is 14.9 Å². The zero-order valence-electron chi connectivity index (χ0n) is 20.7. The predicted molar refractivity (Wildman–Crippen MR) is 145 cm³/mol. The van der Waals surface area contributed by atoms with Crippen molar-refractivity contribution in [2.75, 3.05) is 44.3 Å². The van der Waals surface area contributed by atoms with Crippen LogP contribution in [0.3, 0.4) is 0 Å². The Hall–Kier alpha value is -2.35. The normalized spacial score (nSPS) is 18.2. The van der Waals surface area contributed by atoms with E-state index in [1.165, 1.54) is 0 Å². The number of halogens is 2. The third-order valence-corrected chi connectivity index (χ3v) is 7.19. The molecule has 0 spiro atoms. The number of pyridine rings is 1. The summed E-state index contributed by atoms with van der Waals surface area (Å²) < 4.78 is 5.53. The molecule has 6 nitrogen and oxygen atoms in total. The summed E-state index contributed by atoms with van der Waals surface area (Å²) in [6.07, 6.45) is 2.60. The van der Waals surface area contributed by atoms with Crippen molar-refractivity contribution in [3.05, 3.63) is 87.7 Å². The minimum absolute atomic E-state index is 0.0113. The van der Waals surface area contributed by atoms with Crippen LogP contribution in [0.1, 0.15) is 36.7 Å². The van der Waals surface area contributed by atoms with Crippen LogP contribution in [0.2, 0.25) is 10.0 Å². The van der Waals surface area contributed by atoms with E-state index >= 15 is 0 Å². The van der Waals surface area contributed by atoms with Gasteiger partial charge in [-0.1, -0.05) is 42.3 Å². The van der Waals surface area contributed by atoms with Crippen LogP contribution >= 0.6 is 23.2 Å². The summed E-state index contributed by atoms with van der Waals surface area (Å²) >= 11 is 12.9. The smallest absolute Gasteiger partial charge is 0.121 e. The molecular weight excluding hydrogens is 497 g/mol. The summed E-state index contributed by atoms with van der Waals surface area (Å²) in [7, 11) is 0. The lowest BCUT2D eigenvalue weighted by molar-refractivity contribution is 0.0102. The SMILES string of the molecule is CCc1cc([C@](C)(O)CN2CCN(c3ccc(OCCO)cc3Cl)[C@H](c3ccc(Cl)cc3)C2)ccn1. The van der Waals surface area contributed by atoms with E-state index < -0.39 is 5.60 Å². The number of piperazine rings is 1. The first-order valence-corrected chi connectivity index (χ1v) is 13.0. The summed E-state index contributed by atoms with van der Waals surface area (Å²) in [5, 5.41) is 21.7. The third-order valence-electron chi connectivity index (χ3n) is 6.64. The molecule has 1 aromatic heterocycles. The molecule has 0 aliphatic carbocycles. The molecule has 36 heavy (non-hydrogen) atoms. The number of ether oxygens (including phenoxy) is 1. The molecule has 3 aromatic rings. The van der Waals surface area contributed by atoms with Gasteiger partial charge in [0.25, 0.3) is 0 Å². The molecule has 0 radical (unpaired) electrons. The van der Waals surface area contributed by atoms with Crippen LogP contribution in [0, 0.1) is 0 Å². The molecule has 1 aliphatic rings. The lowest BCUT2D eigenvalue weighted by Gasteiger charge is -2.45. The molecule has 2 heterocycles. The molecule has 4 rings (SSSR count). The number of aliphatic hydroxyl groups excluding tert-OH is 1. The van der Waals surface area contributed by atoms with Crippen molar-refractivity contribution >= 4 is 28.9 Å². The Bertz CT molecular complexity index is 1160. The second-order valence-electron chi connectivity index (χ2n) is 9.34. The van der Waals surface area contributed by atoms with Gasteiger partial charge in [0.1, 0.15) is 12.4 Å². The van der Waals surface area contributed by atoms with Crippen LogP contribution in [0.4, 0.5) is 5.69 Å². The molecule has 2 N–H and O–H groups in total. The Labute approximate surface area is 223 Å². The first kappa shape index (κ1) is 26.7. The van der Waals surface area contributed by atoms with E-state index in [1.54, 1.807) is 12.3 Å². The lowest BCUT2D eigenvalue weighted by Crippen LogP contribution is -2.52. The van der Waals surface area contributed by atoms with Gasteiger partial charge < -0.3 is 19.8 Å². The van der Waals surface area contributed by atoms with Gasteiger partial charge in [0.2, 0.25) is 0 Å². The third kappa shape index (κ3) is 6.31. The quantitative estimate of drug-likeness (QED) is 0.402. The average molecular weight is 530 g/mol. The van der Waals surface area contributed by atoms with Gasteiger partial charge in [-0.25, -0.2) is 0 Å². The van der Waals surface area contributed by atoms with Crippen LogP contribution in [0.15, 0.2) is 60.8 Å². The molecule has 0 saturated carbocycles. The lowest BCUT2D eigenvalue weighted by atomic mass is 9.93. The fourth-order valence-electron chi connectivity index (χ4n) is 4.75. The number of hydrogen-bond acceptors (Lipinski definition) is 6. The minimum atomic E-state index is -1.01. The highest BCUT2D eigenvalue weighted by Crippen LogP contribution is 2.38. The number of β-amino-alcohol motifs (C(OH)–C–C–N with tert-alkyl or cyclic N) is 1. The fourth-order valence-corrected chi connectivity index (χ4v) is 5.15. The Kier molecular flexibility index (Phi) is 8.75. The number of aliphatic hydroxyl groups is 2. The summed E-state index contributed by atoms with van der Waals surface area (Å²) in [6, 6.07) is 17.4. The zero-order chi connectivity index (χ0) is 25.7. The number of rotatable bonds is 9. The average Bonchev–Trinajstić information content (AvgIpc) is 2.88. The van der Waals surface area contributed by atoms with E-state index in [1.807, 2.05) is 55.5 Å². The minimum Gasteiger partial charge on any atom is -0.491 e. The first-order chi connectivity index (χ1) is 17.3. The number of aryl methyl sites for hydroxylation is 1. The van der Waals surface area contributed by atoms with Crippen LogP contribution < -0.4 is 9.64 Å². The summed E-state index contributed by atoms with van der Waals surface area (Å²) in [4.78, 5) is 8.98. The van der Waals surface area contributed by atoms with Crippen LogP contribution in [0.5, 0.6) is 5.75 Å². The topological polar surface area (TPSA) is 69.1 Å². The summed E-state index contributed by atoms with van der Waals surface area (Å²) in [6.45, 7) is 6.81. The van der Waals surface area contributed by atoms with Crippen molar-refractivity contribution in [3.8, 4) is 5.75 Å². The Morgan fingerprint density at radius 1 is 1.08 bits per heavy atom. The van der Waals surface area contributed by atoms with E-state index in [-0.39, 0.29) is 19.3 Å². The highest BCUT2D eigenvalue weighted by molar-refractivity contribution is 6.33. The molecule has 2 atom stereocenters. The van der Waals surface area contributed by atoms with Gasteiger partial charge in [0.15, 0.2) is 0 Å². The maximum absolute atomic E-state index is 11.4. The molecule has 1 aliphatic heterocycles. The van der Waals surface area contributed by atoms with Crippen molar-refractivity contribution in [2.45, 2.75) is 31.9 Å². The van der Waals surface area contributed by atoms with Crippen molar-refractivity contribution in [1.82, 2.24) is 9.88 Å². The van der Waals surface area contributed by atoms with Gasteiger partial charge in [-0.05, 0) is 60.9 Å². The van der Waals surface area contributed by atoms with Gasteiger partial charge in [-0.2, -0.15) is 0 Å². The summed E-state index contributed by atoms with van der Waals surface area (Å²) in [5.41, 5.74) is 2.88. The number of anilines is 1. The predicted octanol–water partition coefficient (Wildman–Crippen LogP) is 5.09. The molecule has 8 heteroatoms. The van der Waals surface area contributed by atoms with Crippen molar-refractivity contribution in [1.29, 1.82) is 0 Å². The fraction of sp³-hybridized carbons (Fsp3) is 0.393. The van der Waals surface area contributed by atoms with E-state index in [4.69, 9.17) is 33.0 Å². The molecule has 0 bridgehead atoms. The maximum Gasteiger partial charge on any atom is 0.121 e. The van der Waals surface area contributed by atoms with E-state index in [0.717, 1.165) is 42.0 Å². The highest BCUT2D eigenvalue weighted by atomic mass is 35.5. The molecule has 0 amide bonds. The van der Waals surface area contributed by atoms with Gasteiger partial charge in [-0.3, -0.25) is 9.88 Å². The number of benzene rings is 2. The second-order valence-corrected chi connectivity index (χ2v) is 10.2. The first-order valence-electron chi connectivity index (χ1n) is 12.3.